The molecule has 0 aromatic carbocycles. The lowest BCUT2D eigenvalue weighted by atomic mass is 9.97. The third-order valence-corrected chi connectivity index (χ3v) is 4.43. The fourth-order valence-electron chi connectivity index (χ4n) is 3.12. The van der Waals surface area contributed by atoms with Gasteiger partial charge < -0.3 is 14.7 Å². The van der Waals surface area contributed by atoms with Crippen molar-refractivity contribution < 1.29 is 19.4 Å². The summed E-state index contributed by atoms with van der Waals surface area (Å²) < 4.78 is 4.74. The highest BCUT2D eigenvalue weighted by Gasteiger charge is 2.31. The maximum atomic E-state index is 12.2. The molecule has 1 unspecified atom stereocenters. The Balaban J connectivity index is 1.78. The monoisotopic (exact) mass is 284 g/mol. The molecule has 0 aromatic rings. The van der Waals surface area contributed by atoms with E-state index in [-0.39, 0.29) is 30.4 Å². The van der Waals surface area contributed by atoms with Crippen LogP contribution in [0.5, 0.6) is 0 Å². The van der Waals surface area contributed by atoms with E-state index in [2.05, 4.69) is 4.90 Å². The van der Waals surface area contributed by atoms with Gasteiger partial charge in [0.15, 0.2) is 0 Å². The highest BCUT2D eigenvalue weighted by Crippen LogP contribution is 2.20. The first-order chi connectivity index (χ1) is 9.65. The average Bonchev–Trinajstić information content (AvgIpc) is 2.93. The number of amides is 1. The minimum absolute atomic E-state index is 0.0685. The van der Waals surface area contributed by atoms with Gasteiger partial charge >= 0.3 is 5.97 Å². The number of ether oxygens (including phenoxy) is 1. The molecule has 6 heteroatoms. The predicted octanol–water partition coefficient (Wildman–Crippen LogP) is -0.145. The van der Waals surface area contributed by atoms with Crippen LogP contribution in [0.15, 0.2) is 0 Å². The molecule has 0 bridgehead atoms. The maximum Gasteiger partial charge on any atom is 0.308 e. The Morgan fingerprint density at radius 3 is 2.50 bits per heavy atom. The van der Waals surface area contributed by atoms with Crippen molar-refractivity contribution in [2.45, 2.75) is 31.7 Å². The molecule has 0 saturated carbocycles. The zero-order valence-corrected chi connectivity index (χ0v) is 12.1. The van der Waals surface area contributed by atoms with E-state index in [0.717, 1.165) is 19.4 Å². The van der Waals surface area contributed by atoms with E-state index in [0.29, 0.717) is 32.5 Å². The average molecular weight is 284 g/mol. The lowest BCUT2D eigenvalue weighted by Crippen LogP contribution is -2.46. The summed E-state index contributed by atoms with van der Waals surface area (Å²) in [6.07, 6.45) is 3.38. The number of carbonyl (C=O) groups is 2. The summed E-state index contributed by atoms with van der Waals surface area (Å²) in [4.78, 5) is 27.6. The van der Waals surface area contributed by atoms with Crippen molar-refractivity contribution >= 4 is 11.9 Å². The Hall–Kier alpha value is -1.14. The van der Waals surface area contributed by atoms with Crippen molar-refractivity contribution in [1.29, 1.82) is 0 Å². The topological polar surface area (TPSA) is 70.1 Å². The van der Waals surface area contributed by atoms with Gasteiger partial charge in [0, 0.05) is 19.1 Å². The van der Waals surface area contributed by atoms with Crippen molar-refractivity contribution in [2.75, 3.05) is 39.9 Å². The van der Waals surface area contributed by atoms with Crippen molar-refractivity contribution in [3.8, 4) is 0 Å². The van der Waals surface area contributed by atoms with Crippen molar-refractivity contribution in [3.05, 3.63) is 0 Å². The molecular weight excluding hydrogens is 260 g/mol. The number of aliphatic hydroxyl groups is 1. The molecule has 0 aliphatic carbocycles. The molecule has 1 atom stereocenters. The lowest BCUT2D eigenvalue weighted by molar-refractivity contribution is -0.149. The van der Waals surface area contributed by atoms with Gasteiger partial charge in [0.05, 0.1) is 26.2 Å². The first-order valence-corrected chi connectivity index (χ1v) is 7.36. The molecule has 0 aromatic heterocycles. The highest BCUT2D eigenvalue weighted by atomic mass is 16.5. The van der Waals surface area contributed by atoms with Crippen LogP contribution in [0.2, 0.25) is 0 Å². The van der Waals surface area contributed by atoms with Gasteiger partial charge in [-0.25, -0.2) is 0 Å². The zero-order chi connectivity index (χ0) is 14.5. The van der Waals surface area contributed by atoms with Gasteiger partial charge in [0.2, 0.25) is 5.91 Å². The summed E-state index contributed by atoms with van der Waals surface area (Å²) in [7, 11) is 1.41. The third-order valence-electron chi connectivity index (χ3n) is 4.43. The maximum absolute atomic E-state index is 12.2. The second kappa shape index (κ2) is 7.04. The van der Waals surface area contributed by atoms with Crippen LogP contribution in [0, 0.1) is 5.92 Å². The van der Waals surface area contributed by atoms with Crippen molar-refractivity contribution in [2.24, 2.45) is 5.92 Å². The fraction of sp³-hybridized carbons (Fsp3) is 0.857. The minimum atomic E-state index is -0.169. The van der Waals surface area contributed by atoms with Crippen LogP contribution in [0.25, 0.3) is 0 Å². The van der Waals surface area contributed by atoms with Crippen molar-refractivity contribution in [1.82, 2.24) is 9.80 Å². The van der Waals surface area contributed by atoms with Crippen LogP contribution in [0.1, 0.15) is 25.7 Å². The molecule has 1 amide bonds. The lowest BCUT2D eigenvalue weighted by Gasteiger charge is -2.32. The highest BCUT2D eigenvalue weighted by molar-refractivity contribution is 5.79. The molecule has 20 heavy (non-hydrogen) atoms. The molecule has 2 fully saturated rings. The van der Waals surface area contributed by atoms with Crippen LogP contribution in [0.3, 0.4) is 0 Å². The number of nitrogens with zero attached hydrogens (tertiary/aromatic N) is 2. The number of esters is 1. The molecule has 2 rings (SSSR count). The molecule has 114 valence electrons. The molecule has 2 heterocycles. The van der Waals surface area contributed by atoms with Crippen molar-refractivity contribution in [3.63, 3.8) is 0 Å². The first kappa shape index (κ1) is 15.3. The second-order valence-corrected chi connectivity index (χ2v) is 5.63. The molecule has 6 nitrogen and oxygen atoms in total. The predicted molar refractivity (Wildman–Crippen MR) is 73.0 cm³/mol. The van der Waals surface area contributed by atoms with Crippen LogP contribution >= 0.6 is 0 Å². The normalized spacial score (nSPS) is 24.9. The Bertz CT molecular complexity index is 353. The number of hydrogen-bond donors (Lipinski definition) is 1. The van der Waals surface area contributed by atoms with Gasteiger partial charge in [0.1, 0.15) is 0 Å². The van der Waals surface area contributed by atoms with Gasteiger partial charge in [-0.15, -0.1) is 0 Å². The van der Waals surface area contributed by atoms with Crippen LogP contribution in [-0.2, 0) is 14.3 Å². The molecule has 2 saturated heterocycles. The fourth-order valence-corrected chi connectivity index (χ4v) is 3.12. The molecular formula is C14H24N2O4. The summed E-state index contributed by atoms with van der Waals surface area (Å²) in [5.41, 5.74) is 0. The smallest absolute Gasteiger partial charge is 0.308 e. The quantitative estimate of drug-likeness (QED) is 0.727. The zero-order valence-electron chi connectivity index (χ0n) is 12.1. The molecule has 0 spiro atoms. The van der Waals surface area contributed by atoms with E-state index in [1.165, 1.54) is 7.11 Å². The number of methoxy groups -OCH3 is 1. The summed E-state index contributed by atoms with van der Waals surface area (Å²) >= 11 is 0. The van der Waals surface area contributed by atoms with Gasteiger partial charge in [-0.2, -0.15) is 0 Å². The Kier molecular flexibility index (Phi) is 5.37. The Morgan fingerprint density at radius 1 is 1.20 bits per heavy atom. The number of carbonyl (C=O) groups excluding carboxylic acids is 2. The van der Waals surface area contributed by atoms with Crippen LogP contribution in [0.4, 0.5) is 0 Å². The van der Waals surface area contributed by atoms with E-state index in [9.17, 15) is 14.7 Å². The molecule has 0 radical (unpaired) electrons. The first-order valence-electron chi connectivity index (χ1n) is 7.36. The SMILES string of the molecule is COC(=O)C1CCN(C(=O)CN2CCCC2CO)CC1. The summed E-state index contributed by atoms with van der Waals surface area (Å²) in [5.74, 6) is -0.133. The van der Waals surface area contributed by atoms with E-state index in [4.69, 9.17) is 4.74 Å². The van der Waals surface area contributed by atoms with E-state index >= 15 is 0 Å². The molecule has 1 N–H and O–H groups in total. The van der Waals surface area contributed by atoms with Crippen LogP contribution in [-0.4, -0.2) is 72.7 Å². The van der Waals surface area contributed by atoms with Gasteiger partial charge in [-0.05, 0) is 32.2 Å². The number of rotatable bonds is 4. The van der Waals surface area contributed by atoms with E-state index in [1.54, 1.807) is 0 Å². The van der Waals surface area contributed by atoms with Gasteiger partial charge in [-0.3, -0.25) is 14.5 Å². The van der Waals surface area contributed by atoms with Gasteiger partial charge in [-0.1, -0.05) is 0 Å². The Labute approximate surface area is 119 Å². The summed E-state index contributed by atoms with van der Waals surface area (Å²) in [6, 6.07) is 0.131. The number of piperidine rings is 1. The van der Waals surface area contributed by atoms with E-state index in [1.807, 2.05) is 4.90 Å². The number of aliphatic hydroxyl groups excluding tert-OH is 1. The summed E-state index contributed by atoms with van der Waals surface area (Å²) in [6.45, 7) is 2.63. The molecule has 2 aliphatic heterocycles. The summed E-state index contributed by atoms with van der Waals surface area (Å²) in [5, 5.41) is 9.26. The second-order valence-electron chi connectivity index (χ2n) is 5.63. The van der Waals surface area contributed by atoms with Crippen LogP contribution < -0.4 is 0 Å². The number of hydrogen-bond acceptors (Lipinski definition) is 5. The minimum Gasteiger partial charge on any atom is -0.469 e. The Morgan fingerprint density at radius 2 is 1.90 bits per heavy atom. The largest absolute Gasteiger partial charge is 0.469 e. The van der Waals surface area contributed by atoms with Gasteiger partial charge in [0.25, 0.3) is 0 Å². The number of likely N-dealkylation sites (tertiary alicyclic amines) is 2. The standard InChI is InChI=1S/C14H24N2O4/c1-20-14(19)11-4-7-15(8-5-11)13(18)9-16-6-2-3-12(16)10-17/h11-12,17H,2-10H2,1H3. The molecule has 2 aliphatic rings. The van der Waals surface area contributed by atoms with E-state index < -0.39 is 0 Å². The third kappa shape index (κ3) is 3.49.